The Labute approximate surface area is 159 Å². The number of hydrogen-bond acceptors (Lipinski definition) is 5. The number of aromatic hydroxyl groups is 1. The van der Waals surface area contributed by atoms with Crippen molar-refractivity contribution in [2.24, 2.45) is 0 Å². The Kier molecular flexibility index (Phi) is 7.45. The van der Waals surface area contributed by atoms with Crippen LogP contribution in [-0.4, -0.2) is 24.3 Å². The van der Waals surface area contributed by atoms with Crippen LogP contribution in [0.3, 0.4) is 0 Å². The highest BCUT2D eigenvalue weighted by molar-refractivity contribution is 5.85. The normalized spacial score (nSPS) is 11.3. The van der Waals surface area contributed by atoms with Crippen molar-refractivity contribution in [1.82, 2.24) is 0 Å². The highest BCUT2D eigenvalue weighted by Gasteiger charge is 2.14. The van der Waals surface area contributed by atoms with Gasteiger partial charge in [-0.05, 0) is 55.7 Å². The fourth-order valence-electron chi connectivity index (χ4n) is 2.72. The first-order valence-electron chi connectivity index (χ1n) is 8.90. The number of esters is 1. The van der Waals surface area contributed by atoms with E-state index in [1.807, 2.05) is 31.2 Å². The maximum absolute atomic E-state index is 11.7. The Balaban J connectivity index is 2.45. The average Bonchev–Trinajstić information content (AvgIpc) is 2.67. The number of carbonyl (C=O) groups is 1. The molecule has 0 saturated heterocycles. The molecule has 2 aromatic carbocycles. The quantitative estimate of drug-likeness (QED) is 0.552. The smallest absolute Gasteiger partial charge is 0.306 e. The summed E-state index contributed by atoms with van der Waals surface area (Å²) in [6, 6.07) is 16.3. The standard InChI is InChI=1S/C22H23NO4/c1-3-26-20-12-7-17(8-13-20)22(16-5-10-19(24)11-6-16)18(15-23)9-14-21(25)27-4-2/h5-8,10-13,24H,3-4,9,14H2,1-2H3/b22-18-. The number of nitrogens with zero attached hydrogens (tertiary/aromatic N) is 1. The van der Waals surface area contributed by atoms with Gasteiger partial charge in [0.2, 0.25) is 0 Å². The molecule has 0 bridgehead atoms. The van der Waals surface area contributed by atoms with Gasteiger partial charge in [-0.3, -0.25) is 4.79 Å². The van der Waals surface area contributed by atoms with Crippen molar-refractivity contribution < 1.29 is 19.4 Å². The molecule has 140 valence electrons. The van der Waals surface area contributed by atoms with Crippen LogP contribution in [0.15, 0.2) is 54.1 Å². The largest absolute Gasteiger partial charge is 0.508 e. The minimum absolute atomic E-state index is 0.134. The number of carbonyl (C=O) groups excluding carboxylic acids is 1. The van der Waals surface area contributed by atoms with Crippen molar-refractivity contribution in [2.75, 3.05) is 13.2 Å². The van der Waals surface area contributed by atoms with Crippen LogP contribution in [0, 0.1) is 11.3 Å². The third-order valence-corrected chi connectivity index (χ3v) is 3.93. The molecular formula is C22H23NO4. The van der Waals surface area contributed by atoms with Gasteiger partial charge in [0, 0.05) is 11.1 Å². The molecule has 0 amide bonds. The topological polar surface area (TPSA) is 79.6 Å². The lowest BCUT2D eigenvalue weighted by Gasteiger charge is -2.13. The van der Waals surface area contributed by atoms with Crippen LogP contribution in [0.25, 0.3) is 5.57 Å². The van der Waals surface area contributed by atoms with Crippen LogP contribution in [0.1, 0.15) is 37.8 Å². The van der Waals surface area contributed by atoms with Crippen LogP contribution in [0.2, 0.25) is 0 Å². The summed E-state index contributed by atoms with van der Waals surface area (Å²) < 4.78 is 10.4. The summed E-state index contributed by atoms with van der Waals surface area (Å²) in [4.78, 5) is 11.7. The summed E-state index contributed by atoms with van der Waals surface area (Å²) in [7, 11) is 0. The summed E-state index contributed by atoms with van der Waals surface area (Å²) in [5, 5.41) is 19.3. The zero-order chi connectivity index (χ0) is 19.6. The summed E-state index contributed by atoms with van der Waals surface area (Å²) in [6.07, 6.45) is 0.411. The number of nitriles is 1. The Morgan fingerprint density at radius 1 is 0.963 bits per heavy atom. The summed E-state index contributed by atoms with van der Waals surface area (Å²) in [6.45, 7) is 4.55. The zero-order valence-electron chi connectivity index (χ0n) is 15.6. The second-order valence-corrected chi connectivity index (χ2v) is 5.77. The number of phenolic OH excluding ortho intramolecular Hbond substituents is 1. The maximum atomic E-state index is 11.7. The minimum Gasteiger partial charge on any atom is -0.508 e. The Morgan fingerprint density at radius 3 is 2.07 bits per heavy atom. The summed E-state index contributed by atoms with van der Waals surface area (Å²) >= 11 is 0. The lowest BCUT2D eigenvalue weighted by molar-refractivity contribution is -0.143. The van der Waals surface area contributed by atoms with Crippen LogP contribution in [0.4, 0.5) is 0 Å². The van der Waals surface area contributed by atoms with E-state index in [1.54, 1.807) is 31.2 Å². The third kappa shape index (κ3) is 5.61. The second kappa shape index (κ2) is 10.0. The van der Waals surface area contributed by atoms with Gasteiger partial charge in [-0.15, -0.1) is 0 Å². The van der Waals surface area contributed by atoms with Crippen molar-refractivity contribution in [3.05, 3.63) is 65.2 Å². The van der Waals surface area contributed by atoms with E-state index in [0.29, 0.717) is 18.8 Å². The monoisotopic (exact) mass is 365 g/mol. The SMILES string of the molecule is CCOC(=O)CC/C(C#N)=C(\c1ccc(O)cc1)c1ccc(OCC)cc1. The average molecular weight is 365 g/mol. The molecule has 2 rings (SSSR count). The second-order valence-electron chi connectivity index (χ2n) is 5.77. The van der Waals surface area contributed by atoms with E-state index in [-0.39, 0.29) is 24.6 Å². The molecule has 0 heterocycles. The van der Waals surface area contributed by atoms with Crippen LogP contribution < -0.4 is 4.74 Å². The van der Waals surface area contributed by atoms with Crippen LogP contribution in [0.5, 0.6) is 11.5 Å². The molecular weight excluding hydrogens is 342 g/mol. The molecule has 0 aliphatic rings. The predicted molar refractivity (Wildman–Crippen MR) is 103 cm³/mol. The van der Waals surface area contributed by atoms with E-state index < -0.39 is 0 Å². The molecule has 27 heavy (non-hydrogen) atoms. The lowest BCUT2D eigenvalue weighted by Crippen LogP contribution is -2.04. The maximum Gasteiger partial charge on any atom is 0.306 e. The zero-order valence-corrected chi connectivity index (χ0v) is 15.6. The first kappa shape index (κ1) is 20.1. The van der Waals surface area contributed by atoms with E-state index >= 15 is 0 Å². The lowest BCUT2D eigenvalue weighted by atomic mass is 9.91. The van der Waals surface area contributed by atoms with Crippen molar-refractivity contribution in [2.45, 2.75) is 26.7 Å². The third-order valence-electron chi connectivity index (χ3n) is 3.93. The van der Waals surface area contributed by atoms with E-state index in [1.165, 1.54) is 0 Å². The summed E-state index contributed by atoms with van der Waals surface area (Å²) in [5.74, 6) is 0.563. The van der Waals surface area contributed by atoms with Crippen molar-refractivity contribution >= 4 is 11.5 Å². The number of benzene rings is 2. The van der Waals surface area contributed by atoms with Gasteiger partial charge < -0.3 is 14.6 Å². The van der Waals surface area contributed by atoms with Gasteiger partial charge in [-0.2, -0.15) is 5.26 Å². The molecule has 0 radical (unpaired) electrons. The Hall–Kier alpha value is -3.26. The molecule has 0 aromatic heterocycles. The van der Waals surface area contributed by atoms with Crippen molar-refractivity contribution in [1.29, 1.82) is 5.26 Å². The van der Waals surface area contributed by atoms with Gasteiger partial charge in [0.05, 0.1) is 25.7 Å². The minimum atomic E-state index is -0.331. The molecule has 0 spiro atoms. The van der Waals surface area contributed by atoms with Crippen LogP contribution in [-0.2, 0) is 9.53 Å². The first-order chi connectivity index (χ1) is 13.1. The predicted octanol–water partition coefficient (Wildman–Crippen LogP) is 4.46. The molecule has 0 fully saturated rings. The first-order valence-corrected chi connectivity index (χ1v) is 8.90. The number of allylic oxidation sites excluding steroid dienone is 1. The van der Waals surface area contributed by atoms with Gasteiger partial charge in [0.15, 0.2) is 0 Å². The van der Waals surface area contributed by atoms with Crippen molar-refractivity contribution in [3.8, 4) is 17.6 Å². The van der Waals surface area contributed by atoms with E-state index in [0.717, 1.165) is 22.4 Å². The van der Waals surface area contributed by atoms with Gasteiger partial charge >= 0.3 is 5.97 Å². The van der Waals surface area contributed by atoms with E-state index in [4.69, 9.17) is 9.47 Å². The number of phenols is 1. The highest BCUT2D eigenvalue weighted by atomic mass is 16.5. The Bertz CT molecular complexity index is 830. The van der Waals surface area contributed by atoms with Gasteiger partial charge in [-0.1, -0.05) is 24.3 Å². The van der Waals surface area contributed by atoms with E-state index in [9.17, 15) is 15.2 Å². The fraction of sp³-hybridized carbons (Fsp3) is 0.273. The molecule has 0 unspecified atom stereocenters. The number of ether oxygens (including phenoxy) is 2. The molecule has 0 aliphatic heterocycles. The molecule has 0 aliphatic carbocycles. The highest BCUT2D eigenvalue weighted by Crippen LogP contribution is 2.31. The van der Waals surface area contributed by atoms with Crippen LogP contribution >= 0.6 is 0 Å². The molecule has 2 aromatic rings. The van der Waals surface area contributed by atoms with Gasteiger partial charge in [-0.25, -0.2) is 0 Å². The van der Waals surface area contributed by atoms with Crippen molar-refractivity contribution in [3.63, 3.8) is 0 Å². The van der Waals surface area contributed by atoms with Gasteiger partial charge in [0.1, 0.15) is 11.5 Å². The molecule has 1 N–H and O–H groups in total. The molecule has 5 nitrogen and oxygen atoms in total. The summed E-state index contributed by atoms with van der Waals surface area (Å²) in [5.41, 5.74) is 2.84. The van der Waals surface area contributed by atoms with E-state index in [2.05, 4.69) is 6.07 Å². The number of rotatable bonds is 8. The fourth-order valence-corrected chi connectivity index (χ4v) is 2.72. The van der Waals surface area contributed by atoms with Gasteiger partial charge in [0.25, 0.3) is 0 Å². The Morgan fingerprint density at radius 2 is 1.56 bits per heavy atom. The molecule has 0 atom stereocenters. The number of hydrogen-bond donors (Lipinski definition) is 1. The molecule has 0 saturated carbocycles. The molecule has 5 heteroatoms.